The van der Waals surface area contributed by atoms with Gasteiger partial charge >= 0.3 is 0 Å². The van der Waals surface area contributed by atoms with Crippen molar-refractivity contribution in [2.24, 2.45) is 17.9 Å². The van der Waals surface area contributed by atoms with E-state index in [1.165, 1.54) is 0 Å². The molecule has 0 unspecified atom stereocenters. The van der Waals surface area contributed by atoms with E-state index >= 15 is 0 Å². The zero-order valence-corrected chi connectivity index (χ0v) is 12.5. The summed E-state index contributed by atoms with van der Waals surface area (Å²) in [6.07, 6.45) is 2.01. The van der Waals surface area contributed by atoms with E-state index in [-0.39, 0.29) is 0 Å². The molecule has 1 aliphatic rings. The van der Waals surface area contributed by atoms with Crippen molar-refractivity contribution in [3.05, 3.63) is 5.69 Å². The maximum atomic E-state index is 6.20. The van der Waals surface area contributed by atoms with Gasteiger partial charge in [-0.25, -0.2) is 0 Å². The summed E-state index contributed by atoms with van der Waals surface area (Å²) < 4.78 is 1.88. The van der Waals surface area contributed by atoms with Gasteiger partial charge in [0.2, 0.25) is 0 Å². The summed E-state index contributed by atoms with van der Waals surface area (Å²) in [5, 5.41) is 8.09. The summed E-state index contributed by atoms with van der Waals surface area (Å²) in [5.41, 5.74) is 8.63. The summed E-state index contributed by atoms with van der Waals surface area (Å²) in [6, 6.07) is 0.456. The molecule has 0 aliphatic heterocycles. The Balaban J connectivity index is 2.21. The Hall–Kier alpha value is -1.19. The highest BCUT2D eigenvalue weighted by Gasteiger charge is 2.65. The number of nitrogens with two attached hydrogens (primary N) is 1. The lowest BCUT2D eigenvalue weighted by atomic mass is 10.0. The number of rotatable bonds is 4. The van der Waals surface area contributed by atoms with E-state index in [1.54, 1.807) is 0 Å². The van der Waals surface area contributed by atoms with E-state index < -0.39 is 0 Å². The fourth-order valence-electron chi connectivity index (χ4n) is 2.88. The minimum absolute atomic E-state index is 0.300. The van der Waals surface area contributed by atoms with Gasteiger partial charge < -0.3 is 11.1 Å². The summed E-state index contributed by atoms with van der Waals surface area (Å²) in [4.78, 5) is 0. The number of aryl methyl sites for hydroxylation is 2. The van der Waals surface area contributed by atoms with Crippen LogP contribution in [0.5, 0.6) is 0 Å². The minimum atomic E-state index is 0.300. The van der Waals surface area contributed by atoms with Crippen molar-refractivity contribution in [3.63, 3.8) is 0 Å². The number of anilines is 2. The van der Waals surface area contributed by atoms with Gasteiger partial charge in [-0.3, -0.25) is 4.68 Å². The van der Waals surface area contributed by atoms with Gasteiger partial charge in [0.1, 0.15) is 5.82 Å². The van der Waals surface area contributed by atoms with Crippen LogP contribution >= 0.6 is 0 Å². The third kappa shape index (κ3) is 1.70. The van der Waals surface area contributed by atoms with Crippen molar-refractivity contribution >= 4 is 11.5 Å². The summed E-state index contributed by atoms with van der Waals surface area (Å²) in [5.74, 6) is 0.974. The first-order valence-electron chi connectivity index (χ1n) is 6.81. The van der Waals surface area contributed by atoms with E-state index in [0.717, 1.165) is 30.0 Å². The SMILES string of the molecule is CCCc1nn(C)c(NC2C(C)(C)C2(C)C)c1N. The van der Waals surface area contributed by atoms with Crippen LogP contribution in [0.2, 0.25) is 0 Å². The zero-order valence-electron chi connectivity index (χ0n) is 12.5. The zero-order chi connectivity index (χ0) is 13.7. The molecule has 1 aromatic rings. The van der Waals surface area contributed by atoms with Gasteiger partial charge in [-0.2, -0.15) is 5.10 Å². The van der Waals surface area contributed by atoms with E-state index in [9.17, 15) is 0 Å². The molecule has 0 spiro atoms. The maximum absolute atomic E-state index is 6.20. The molecule has 1 fully saturated rings. The van der Waals surface area contributed by atoms with Crippen LogP contribution in [0.1, 0.15) is 46.7 Å². The highest BCUT2D eigenvalue weighted by Crippen LogP contribution is 2.63. The second-order valence-corrected chi connectivity index (χ2v) is 6.60. The fourth-order valence-corrected chi connectivity index (χ4v) is 2.88. The number of hydrogen-bond acceptors (Lipinski definition) is 3. The number of nitrogens with zero attached hydrogens (tertiary/aromatic N) is 2. The Morgan fingerprint density at radius 3 is 2.28 bits per heavy atom. The highest BCUT2D eigenvalue weighted by atomic mass is 15.3. The molecule has 18 heavy (non-hydrogen) atoms. The largest absolute Gasteiger partial charge is 0.394 e. The molecule has 1 aromatic heterocycles. The molecule has 0 aromatic carbocycles. The predicted octanol–water partition coefficient (Wildman–Crippen LogP) is 2.80. The summed E-state index contributed by atoms with van der Waals surface area (Å²) in [7, 11) is 1.96. The molecule has 3 N–H and O–H groups in total. The van der Waals surface area contributed by atoms with E-state index in [0.29, 0.717) is 16.9 Å². The van der Waals surface area contributed by atoms with Crippen LogP contribution in [-0.4, -0.2) is 15.8 Å². The van der Waals surface area contributed by atoms with Gasteiger partial charge in [0.05, 0.1) is 11.4 Å². The first-order valence-corrected chi connectivity index (χ1v) is 6.81. The van der Waals surface area contributed by atoms with Gasteiger partial charge in [-0.1, -0.05) is 41.0 Å². The predicted molar refractivity (Wildman–Crippen MR) is 76.6 cm³/mol. The van der Waals surface area contributed by atoms with Gasteiger partial charge in [-0.05, 0) is 17.3 Å². The summed E-state index contributed by atoms with van der Waals surface area (Å²) >= 11 is 0. The lowest BCUT2D eigenvalue weighted by Crippen LogP contribution is -2.14. The molecule has 4 heteroatoms. The van der Waals surface area contributed by atoms with Gasteiger partial charge in [0.25, 0.3) is 0 Å². The molecule has 1 saturated carbocycles. The lowest BCUT2D eigenvalue weighted by molar-refractivity contribution is 0.457. The normalized spacial score (nSPS) is 21.0. The van der Waals surface area contributed by atoms with Crippen LogP contribution in [0.15, 0.2) is 0 Å². The van der Waals surface area contributed by atoms with Crippen molar-refractivity contribution < 1.29 is 0 Å². The smallest absolute Gasteiger partial charge is 0.148 e. The molecule has 4 nitrogen and oxygen atoms in total. The fraction of sp³-hybridized carbons (Fsp3) is 0.786. The topological polar surface area (TPSA) is 55.9 Å². The average molecular weight is 250 g/mol. The molecule has 1 heterocycles. The van der Waals surface area contributed by atoms with Crippen LogP contribution in [0, 0.1) is 10.8 Å². The average Bonchev–Trinajstić information content (AvgIpc) is 2.49. The van der Waals surface area contributed by atoms with Crippen LogP contribution in [0.25, 0.3) is 0 Å². The van der Waals surface area contributed by atoms with Crippen LogP contribution in [0.3, 0.4) is 0 Å². The molecule has 1 aliphatic carbocycles. The second kappa shape index (κ2) is 3.90. The molecule has 0 atom stereocenters. The molecular weight excluding hydrogens is 224 g/mol. The third-order valence-electron chi connectivity index (χ3n) is 4.95. The number of hydrogen-bond donors (Lipinski definition) is 2. The van der Waals surface area contributed by atoms with E-state index in [4.69, 9.17) is 5.73 Å². The Kier molecular flexibility index (Phi) is 2.87. The monoisotopic (exact) mass is 250 g/mol. The number of aromatic nitrogens is 2. The Bertz CT molecular complexity index is 443. The van der Waals surface area contributed by atoms with E-state index in [1.807, 2.05) is 11.7 Å². The maximum Gasteiger partial charge on any atom is 0.148 e. The quantitative estimate of drug-likeness (QED) is 0.864. The molecule has 0 amide bonds. The standard InChI is InChI=1S/C14H26N4/c1-7-8-9-10(15)11(18(6)17-9)16-12-13(2,3)14(12,4)5/h12,16H,7-8,15H2,1-6H3. The third-order valence-corrected chi connectivity index (χ3v) is 4.95. The van der Waals surface area contributed by atoms with Crippen molar-refractivity contribution in [3.8, 4) is 0 Å². The first-order chi connectivity index (χ1) is 8.23. The lowest BCUT2D eigenvalue weighted by Gasteiger charge is -2.09. The molecule has 102 valence electrons. The second-order valence-electron chi connectivity index (χ2n) is 6.60. The molecule has 0 radical (unpaired) electrons. The Morgan fingerprint density at radius 1 is 1.28 bits per heavy atom. The first kappa shape index (κ1) is 13.2. The van der Waals surface area contributed by atoms with Crippen molar-refractivity contribution in [2.45, 2.75) is 53.5 Å². The number of nitrogen functional groups attached to an aromatic ring is 1. The molecule has 0 saturated heterocycles. The van der Waals surface area contributed by atoms with Crippen molar-refractivity contribution in [2.75, 3.05) is 11.1 Å². The van der Waals surface area contributed by atoms with Gasteiger partial charge in [-0.15, -0.1) is 0 Å². The molecule has 0 bridgehead atoms. The van der Waals surface area contributed by atoms with Crippen molar-refractivity contribution in [1.29, 1.82) is 0 Å². The van der Waals surface area contributed by atoms with Gasteiger partial charge in [0.15, 0.2) is 0 Å². The van der Waals surface area contributed by atoms with Crippen LogP contribution in [-0.2, 0) is 13.5 Å². The molecular formula is C14H26N4. The minimum Gasteiger partial charge on any atom is -0.394 e. The Labute approximate surface area is 110 Å². The van der Waals surface area contributed by atoms with E-state index in [2.05, 4.69) is 45.0 Å². The van der Waals surface area contributed by atoms with Crippen molar-refractivity contribution in [1.82, 2.24) is 9.78 Å². The van der Waals surface area contributed by atoms with Crippen LogP contribution in [0.4, 0.5) is 11.5 Å². The molecule has 2 rings (SSSR count). The number of nitrogens with one attached hydrogen (secondary N) is 1. The highest BCUT2D eigenvalue weighted by molar-refractivity contribution is 5.66. The van der Waals surface area contributed by atoms with Gasteiger partial charge in [0, 0.05) is 13.1 Å². The summed E-state index contributed by atoms with van der Waals surface area (Å²) in [6.45, 7) is 11.3. The Morgan fingerprint density at radius 2 is 1.83 bits per heavy atom. The van der Waals surface area contributed by atoms with Crippen LogP contribution < -0.4 is 11.1 Å².